The molecule has 0 aliphatic rings. The van der Waals surface area contributed by atoms with Gasteiger partial charge in [0.1, 0.15) is 11.9 Å². The van der Waals surface area contributed by atoms with Gasteiger partial charge in [0, 0.05) is 12.0 Å². The fraction of sp³-hybridized carbons (Fsp3) is 0.308. The van der Waals surface area contributed by atoms with Crippen LogP contribution in [0.4, 0.5) is 4.39 Å². The van der Waals surface area contributed by atoms with Gasteiger partial charge in [0.2, 0.25) is 5.91 Å². The van der Waals surface area contributed by atoms with E-state index in [0.29, 0.717) is 5.56 Å². The molecule has 0 heterocycles. The van der Waals surface area contributed by atoms with E-state index in [4.69, 9.17) is 10.8 Å². The smallest absolute Gasteiger partial charge is 0.326 e. The van der Waals surface area contributed by atoms with Crippen molar-refractivity contribution in [1.82, 2.24) is 5.32 Å². The van der Waals surface area contributed by atoms with E-state index in [2.05, 4.69) is 5.32 Å². The van der Waals surface area contributed by atoms with Crippen molar-refractivity contribution in [1.29, 1.82) is 0 Å². The molecule has 6 nitrogen and oxygen atoms in total. The third-order valence-electron chi connectivity index (χ3n) is 2.73. The Morgan fingerprint density at radius 3 is 2.60 bits per heavy atom. The fourth-order valence-corrected chi connectivity index (χ4v) is 1.62. The standard InChI is InChI=1S/C13H15FN2O4/c1-7-2-3-8(14)6-9(7)12(18)16-10(13(19)20)4-5-11(15)17/h2-3,6,10H,4-5H2,1H3,(H2,15,17)(H,16,18)(H,19,20)/t10-/m1/s1. The zero-order valence-electron chi connectivity index (χ0n) is 10.9. The molecule has 2 amide bonds. The van der Waals surface area contributed by atoms with Gasteiger partial charge in [-0.25, -0.2) is 9.18 Å². The van der Waals surface area contributed by atoms with Crippen molar-refractivity contribution >= 4 is 17.8 Å². The van der Waals surface area contributed by atoms with Gasteiger partial charge in [-0.2, -0.15) is 0 Å². The predicted octanol–water partition coefficient (Wildman–Crippen LogP) is 0.583. The largest absolute Gasteiger partial charge is 0.480 e. The maximum Gasteiger partial charge on any atom is 0.326 e. The molecule has 0 aromatic heterocycles. The van der Waals surface area contributed by atoms with Gasteiger partial charge in [-0.1, -0.05) is 6.07 Å². The minimum absolute atomic E-state index is 0.0512. The molecular weight excluding hydrogens is 267 g/mol. The van der Waals surface area contributed by atoms with E-state index in [0.717, 1.165) is 6.07 Å². The Morgan fingerprint density at radius 2 is 2.05 bits per heavy atom. The average Bonchev–Trinajstić information content (AvgIpc) is 2.36. The van der Waals surface area contributed by atoms with Crippen LogP contribution in [0.5, 0.6) is 0 Å². The van der Waals surface area contributed by atoms with Crippen LogP contribution in [0.3, 0.4) is 0 Å². The molecule has 0 saturated heterocycles. The van der Waals surface area contributed by atoms with Gasteiger partial charge >= 0.3 is 5.97 Å². The second-order valence-electron chi connectivity index (χ2n) is 4.33. The molecule has 0 fully saturated rings. The van der Waals surface area contributed by atoms with Crippen LogP contribution in [0.25, 0.3) is 0 Å². The third-order valence-corrected chi connectivity index (χ3v) is 2.73. The topological polar surface area (TPSA) is 109 Å². The molecule has 20 heavy (non-hydrogen) atoms. The summed E-state index contributed by atoms with van der Waals surface area (Å²) in [5.74, 6) is -3.25. The van der Waals surface area contributed by atoms with Gasteiger partial charge in [0.05, 0.1) is 0 Å². The lowest BCUT2D eigenvalue weighted by molar-refractivity contribution is -0.139. The first-order valence-electron chi connectivity index (χ1n) is 5.89. The van der Waals surface area contributed by atoms with Crippen molar-refractivity contribution < 1.29 is 23.9 Å². The van der Waals surface area contributed by atoms with E-state index < -0.39 is 29.6 Å². The number of halogens is 1. The zero-order valence-corrected chi connectivity index (χ0v) is 10.9. The van der Waals surface area contributed by atoms with Crippen LogP contribution in [0.1, 0.15) is 28.8 Å². The van der Waals surface area contributed by atoms with Crippen LogP contribution in [0, 0.1) is 12.7 Å². The molecular formula is C13H15FN2O4. The van der Waals surface area contributed by atoms with Gasteiger partial charge in [0.25, 0.3) is 5.91 Å². The molecule has 0 radical (unpaired) electrons. The number of aryl methyl sites for hydroxylation is 1. The Labute approximate surface area is 114 Å². The van der Waals surface area contributed by atoms with Crippen molar-refractivity contribution in [2.24, 2.45) is 5.73 Å². The number of amides is 2. The Hall–Kier alpha value is -2.44. The Balaban J connectivity index is 2.82. The first-order chi connectivity index (χ1) is 9.31. The molecule has 0 saturated carbocycles. The van der Waals surface area contributed by atoms with Gasteiger partial charge in [-0.3, -0.25) is 9.59 Å². The van der Waals surface area contributed by atoms with Crippen LogP contribution in [-0.4, -0.2) is 28.9 Å². The molecule has 1 aromatic rings. The summed E-state index contributed by atoms with van der Waals surface area (Å²) in [4.78, 5) is 33.6. The second-order valence-corrected chi connectivity index (χ2v) is 4.33. The minimum atomic E-state index is -1.28. The Bertz CT molecular complexity index is 545. The highest BCUT2D eigenvalue weighted by atomic mass is 19.1. The molecule has 1 aromatic carbocycles. The number of primary amides is 1. The number of hydrogen-bond acceptors (Lipinski definition) is 3. The van der Waals surface area contributed by atoms with Crippen LogP contribution in [-0.2, 0) is 9.59 Å². The highest BCUT2D eigenvalue weighted by molar-refractivity contribution is 5.97. The summed E-state index contributed by atoms with van der Waals surface area (Å²) in [6.45, 7) is 1.60. The molecule has 0 spiro atoms. The number of nitrogens with two attached hydrogens (primary N) is 1. The summed E-state index contributed by atoms with van der Waals surface area (Å²) in [5.41, 5.74) is 5.50. The first kappa shape index (κ1) is 15.6. The molecule has 1 rings (SSSR count). The predicted molar refractivity (Wildman–Crippen MR) is 68.5 cm³/mol. The SMILES string of the molecule is Cc1ccc(F)cc1C(=O)N[C@H](CCC(N)=O)C(=O)O. The van der Waals surface area contributed by atoms with E-state index in [1.165, 1.54) is 12.1 Å². The van der Waals surface area contributed by atoms with Crippen molar-refractivity contribution in [3.63, 3.8) is 0 Å². The number of carboxylic acid groups (broad SMARTS) is 1. The zero-order chi connectivity index (χ0) is 15.3. The highest BCUT2D eigenvalue weighted by Crippen LogP contribution is 2.11. The first-order valence-corrected chi connectivity index (χ1v) is 5.89. The molecule has 0 aliphatic carbocycles. The third kappa shape index (κ3) is 4.34. The van der Waals surface area contributed by atoms with Crippen molar-refractivity contribution in [2.75, 3.05) is 0 Å². The van der Waals surface area contributed by atoms with Gasteiger partial charge in [0.15, 0.2) is 0 Å². The van der Waals surface area contributed by atoms with Crippen LogP contribution < -0.4 is 11.1 Å². The van der Waals surface area contributed by atoms with Gasteiger partial charge in [-0.05, 0) is 31.0 Å². The normalized spacial score (nSPS) is 11.7. The molecule has 108 valence electrons. The molecule has 7 heteroatoms. The van der Waals surface area contributed by atoms with Gasteiger partial charge < -0.3 is 16.2 Å². The van der Waals surface area contributed by atoms with E-state index in [9.17, 15) is 18.8 Å². The minimum Gasteiger partial charge on any atom is -0.480 e. The maximum atomic E-state index is 13.1. The van der Waals surface area contributed by atoms with E-state index >= 15 is 0 Å². The lowest BCUT2D eigenvalue weighted by Gasteiger charge is -2.14. The van der Waals surface area contributed by atoms with Crippen LogP contribution in [0.15, 0.2) is 18.2 Å². The Kier molecular flexibility index (Phi) is 5.19. The number of hydrogen-bond donors (Lipinski definition) is 3. The molecule has 0 unspecified atom stereocenters. The van der Waals surface area contributed by atoms with Crippen molar-refractivity contribution in [2.45, 2.75) is 25.8 Å². The molecule has 1 atom stereocenters. The number of carbonyl (C=O) groups excluding carboxylic acids is 2. The van der Waals surface area contributed by atoms with Crippen molar-refractivity contribution in [3.8, 4) is 0 Å². The summed E-state index contributed by atoms with van der Waals surface area (Å²) >= 11 is 0. The monoisotopic (exact) mass is 282 g/mol. The molecule has 0 bridgehead atoms. The van der Waals surface area contributed by atoms with E-state index in [1.807, 2.05) is 0 Å². The molecule has 4 N–H and O–H groups in total. The van der Waals surface area contributed by atoms with Crippen molar-refractivity contribution in [3.05, 3.63) is 35.1 Å². The average molecular weight is 282 g/mol. The summed E-state index contributed by atoms with van der Waals surface area (Å²) in [7, 11) is 0. The lowest BCUT2D eigenvalue weighted by Crippen LogP contribution is -2.41. The quantitative estimate of drug-likeness (QED) is 0.709. The second kappa shape index (κ2) is 6.65. The highest BCUT2D eigenvalue weighted by Gasteiger charge is 2.22. The number of benzene rings is 1. The summed E-state index contributed by atoms with van der Waals surface area (Å²) in [6.07, 6.45) is -0.288. The number of nitrogens with one attached hydrogen (secondary N) is 1. The fourth-order valence-electron chi connectivity index (χ4n) is 1.62. The number of aliphatic carboxylic acids is 1. The van der Waals surface area contributed by atoms with Crippen LogP contribution >= 0.6 is 0 Å². The number of carbonyl (C=O) groups is 3. The maximum absolute atomic E-state index is 13.1. The van der Waals surface area contributed by atoms with E-state index in [-0.39, 0.29) is 18.4 Å². The lowest BCUT2D eigenvalue weighted by atomic mass is 10.1. The summed E-state index contributed by atoms with van der Waals surface area (Å²) in [6, 6.07) is 2.40. The Morgan fingerprint density at radius 1 is 1.40 bits per heavy atom. The number of carboxylic acids is 1. The van der Waals surface area contributed by atoms with Crippen LogP contribution in [0.2, 0.25) is 0 Å². The summed E-state index contributed by atoms with van der Waals surface area (Å²) in [5, 5.41) is 11.2. The molecule has 0 aliphatic heterocycles. The van der Waals surface area contributed by atoms with E-state index in [1.54, 1.807) is 6.92 Å². The van der Waals surface area contributed by atoms with Gasteiger partial charge in [-0.15, -0.1) is 0 Å². The number of rotatable bonds is 6. The summed E-state index contributed by atoms with van der Waals surface area (Å²) < 4.78 is 13.1.